The Morgan fingerprint density at radius 1 is 0.870 bits per heavy atom. The van der Waals surface area contributed by atoms with Crippen molar-refractivity contribution in [3.8, 4) is 22.9 Å². The van der Waals surface area contributed by atoms with Gasteiger partial charge in [-0.05, 0) is 56.0 Å². The number of ether oxygens (including phenoxy) is 3. The van der Waals surface area contributed by atoms with Crippen LogP contribution in [0.25, 0.3) is 16.6 Å². The summed E-state index contributed by atoms with van der Waals surface area (Å²) in [6.07, 6.45) is 8.21. The van der Waals surface area contributed by atoms with Crippen LogP contribution in [0.15, 0.2) is 90.1 Å². The third kappa shape index (κ3) is 7.17. The zero-order valence-electron chi connectivity index (χ0n) is 26.3. The Kier molecular flexibility index (Phi) is 9.95. The maximum Gasteiger partial charge on any atom is 0.263 e. The van der Waals surface area contributed by atoms with Crippen molar-refractivity contribution >= 4 is 22.5 Å². The third-order valence-corrected chi connectivity index (χ3v) is 7.72. The number of fused-ring (bicyclic) bond motifs is 1. The lowest BCUT2D eigenvalue weighted by molar-refractivity contribution is -0.671. The molecule has 238 valence electrons. The zero-order valence-corrected chi connectivity index (χ0v) is 26.3. The highest BCUT2D eigenvalue weighted by Crippen LogP contribution is 2.30. The fraction of sp³-hybridized carbons (Fsp3) is 0.250. The Labute approximate surface area is 266 Å². The Bertz CT molecular complexity index is 1900. The first-order chi connectivity index (χ1) is 22.2. The van der Waals surface area contributed by atoms with Gasteiger partial charge in [0.25, 0.3) is 5.91 Å². The molecule has 2 aromatic heterocycles. The lowest BCUT2D eigenvalue weighted by Gasteiger charge is -2.22. The van der Waals surface area contributed by atoms with E-state index in [0.29, 0.717) is 35.1 Å². The van der Waals surface area contributed by atoms with E-state index in [2.05, 4.69) is 12.1 Å². The molecule has 0 fully saturated rings. The van der Waals surface area contributed by atoms with Gasteiger partial charge in [0, 0.05) is 66.3 Å². The molecule has 0 radical (unpaired) electrons. The largest absolute Gasteiger partial charge is 0.497 e. The molecule has 0 aliphatic heterocycles. The Morgan fingerprint density at radius 2 is 1.57 bits per heavy atom. The van der Waals surface area contributed by atoms with Crippen LogP contribution in [0, 0.1) is 11.6 Å². The molecular weight excluding hydrogens is 592 g/mol. The van der Waals surface area contributed by atoms with Gasteiger partial charge in [0.1, 0.15) is 41.5 Å². The summed E-state index contributed by atoms with van der Waals surface area (Å²) in [5.41, 5.74) is 1.61. The van der Waals surface area contributed by atoms with Crippen molar-refractivity contribution in [2.45, 2.75) is 26.2 Å². The monoisotopic (exact) mass is 628 g/mol. The minimum atomic E-state index is -0.831. The fourth-order valence-electron chi connectivity index (χ4n) is 5.30. The molecule has 0 aliphatic carbocycles. The molecule has 0 saturated heterocycles. The summed E-state index contributed by atoms with van der Waals surface area (Å²) in [4.78, 5) is 28.8. The molecule has 1 amide bonds. The molecule has 5 aromatic rings. The van der Waals surface area contributed by atoms with E-state index in [9.17, 15) is 18.4 Å². The van der Waals surface area contributed by atoms with Crippen molar-refractivity contribution in [2.24, 2.45) is 7.05 Å². The van der Waals surface area contributed by atoms with Crippen molar-refractivity contribution in [2.75, 3.05) is 32.3 Å². The fourth-order valence-corrected chi connectivity index (χ4v) is 5.30. The molecule has 3 aromatic carbocycles. The van der Waals surface area contributed by atoms with Crippen molar-refractivity contribution in [3.05, 3.63) is 118 Å². The number of aryl methyl sites for hydroxylation is 2. The molecule has 0 atom stereocenters. The van der Waals surface area contributed by atoms with Crippen LogP contribution in [0.2, 0.25) is 0 Å². The average molecular weight is 629 g/mol. The number of carbonyl (C=O) groups excluding carboxylic acids is 1. The predicted octanol–water partition coefficient (Wildman–Crippen LogP) is 6.18. The highest BCUT2D eigenvalue weighted by Gasteiger charge is 2.23. The normalized spacial score (nSPS) is 11.0. The van der Waals surface area contributed by atoms with Gasteiger partial charge in [0.05, 0.1) is 32.0 Å². The summed E-state index contributed by atoms with van der Waals surface area (Å²) in [6, 6.07) is 17.3. The quantitative estimate of drug-likeness (QED) is 0.122. The number of hydrogen-bond donors (Lipinski definition) is 0. The number of carbonyl (C=O) groups is 1. The number of benzene rings is 3. The van der Waals surface area contributed by atoms with E-state index in [1.807, 2.05) is 24.0 Å². The van der Waals surface area contributed by atoms with Crippen molar-refractivity contribution in [1.29, 1.82) is 0 Å². The number of halogens is 2. The molecule has 0 spiro atoms. The van der Waals surface area contributed by atoms with Crippen LogP contribution < -0.4 is 29.1 Å². The number of rotatable bonds is 12. The second kappa shape index (κ2) is 14.2. The minimum absolute atomic E-state index is 0.00381. The first kappa shape index (κ1) is 32.2. The van der Waals surface area contributed by atoms with Gasteiger partial charge in [-0.25, -0.2) is 13.3 Å². The number of methoxy groups -OCH3 is 2. The molecule has 0 unspecified atom stereocenters. The van der Waals surface area contributed by atoms with Crippen LogP contribution in [0.1, 0.15) is 35.7 Å². The molecule has 5 rings (SSSR count). The lowest BCUT2D eigenvalue weighted by Crippen LogP contribution is -2.35. The number of pyridine rings is 2. The number of anilines is 1. The molecule has 8 nitrogen and oxygen atoms in total. The zero-order chi connectivity index (χ0) is 32.8. The van der Waals surface area contributed by atoms with E-state index in [1.165, 1.54) is 18.9 Å². The van der Waals surface area contributed by atoms with E-state index >= 15 is 0 Å². The topological polar surface area (TPSA) is 73.9 Å². The minimum Gasteiger partial charge on any atom is -0.497 e. The lowest BCUT2D eigenvalue weighted by atomic mass is 10.1. The standard InChI is InChI=1S/C36H36F2N3O5/c1-5-40(27-17-25(37)16-26(38)18-27)36(43)33-23-41(34-22-29(44-3)9-10-32(34)35(33)42)28-19-30(45-4)21-31(20-28)46-15-7-6-8-24-11-13-39(2)14-12-24/h9-14,16-23H,5-8,15H2,1-4H3/q+1. The summed E-state index contributed by atoms with van der Waals surface area (Å²) in [5.74, 6) is -0.788. The van der Waals surface area contributed by atoms with E-state index < -0.39 is 23.0 Å². The number of amides is 1. The molecule has 2 heterocycles. The summed E-state index contributed by atoms with van der Waals surface area (Å²) in [5, 5.41) is 0.257. The second-order valence-corrected chi connectivity index (χ2v) is 10.8. The van der Waals surface area contributed by atoms with Gasteiger partial charge in [0.2, 0.25) is 5.43 Å². The SMILES string of the molecule is CCN(C(=O)c1cn(-c2cc(OC)cc(OCCCCc3cc[n+](C)cc3)c2)c2cc(OC)ccc2c1=O)c1cc(F)cc(F)c1. The molecule has 0 bridgehead atoms. The molecule has 0 saturated carbocycles. The highest BCUT2D eigenvalue weighted by atomic mass is 19.1. The molecule has 0 N–H and O–H groups in total. The Balaban J connectivity index is 1.51. The maximum absolute atomic E-state index is 14.1. The maximum atomic E-state index is 14.1. The van der Waals surface area contributed by atoms with Gasteiger partial charge in [0.15, 0.2) is 12.4 Å². The van der Waals surface area contributed by atoms with Gasteiger partial charge in [-0.15, -0.1) is 0 Å². The molecule has 46 heavy (non-hydrogen) atoms. The molecule has 0 aliphatic rings. The van der Waals surface area contributed by atoms with Crippen molar-refractivity contribution in [3.63, 3.8) is 0 Å². The third-order valence-electron chi connectivity index (χ3n) is 7.72. The van der Waals surface area contributed by atoms with E-state index in [0.717, 1.165) is 42.4 Å². The highest BCUT2D eigenvalue weighted by molar-refractivity contribution is 6.07. The van der Waals surface area contributed by atoms with Crippen LogP contribution >= 0.6 is 0 Å². The van der Waals surface area contributed by atoms with Gasteiger partial charge in [-0.1, -0.05) is 0 Å². The van der Waals surface area contributed by atoms with Crippen LogP contribution in [-0.2, 0) is 13.5 Å². The van der Waals surface area contributed by atoms with Gasteiger partial charge in [-0.2, -0.15) is 0 Å². The Morgan fingerprint density at radius 3 is 2.24 bits per heavy atom. The first-order valence-electron chi connectivity index (χ1n) is 15.0. The molecule has 10 heteroatoms. The summed E-state index contributed by atoms with van der Waals surface area (Å²) in [7, 11) is 5.05. The second-order valence-electron chi connectivity index (χ2n) is 10.8. The average Bonchev–Trinajstić information content (AvgIpc) is 3.05. The number of hydrogen-bond acceptors (Lipinski definition) is 5. The summed E-state index contributed by atoms with van der Waals surface area (Å²) >= 11 is 0. The van der Waals surface area contributed by atoms with E-state index in [-0.39, 0.29) is 23.2 Å². The number of aromatic nitrogens is 2. The smallest absolute Gasteiger partial charge is 0.263 e. The van der Waals surface area contributed by atoms with Gasteiger partial charge in [-0.3, -0.25) is 9.59 Å². The summed E-state index contributed by atoms with van der Waals surface area (Å²) < 4.78 is 49.0. The predicted molar refractivity (Wildman–Crippen MR) is 172 cm³/mol. The first-order valence-corrected chi connectivity index (χ1v) is 15.0. The van der Waals surface area contributed by atoms with Crippen LogP contribution in [0.4, 0.5) is 14.5 Å². The van der Waals surface area contributed by atoms with Crippen molar-refractivity contribution < 1.29 is 32.4 Å². The van der Waals surface area contributed by atoms with E-state index in [1.54, 1.807) is 55.0 Å². The van der Waals surface area contributed by atoms with E-state index in [4.69, 9.17) is 14.2 Å². The summed E-state index contributed by atoms with van der Waals surface area (Å²) in [6.45, 7) is 2.21. The van der Waals surface area contributed by atoms with Crippen LogP contribution in [0.3, 0.4) is 0 Å². The Hall–Kier alpha value is -5.25. The van der Waals surface area contributed by atoms with Crippen molar-refractivity contribution in [1.82, 2.24) is 4.57 Å². The van der Waals surface area contributed by atoms with Gasteiger partial charge >= 0.3 is 0 Å². The van der Waals surface area contributed by atoms with Crippen LogP contribution in [-0.4, -0.2) is 37.8 Å². The number of nitrogens with zero attached hydrogens (tertiary/aromatic N) is 3. The number of unbranched alkanes of at least 4 members (excludes halogenated alkanes) is 1. The van der Waals surface area contributed by atoms with Gasteiger partial charge < -0.3 is 23.7 Å². The van der Waals surface area contributed by atoms with Crippen LogP contribution in [0.5, 0.6) is 17.2 Å². The molecular formula is C36H36F2N3O5+.